The number of cyclic esters (lactones) is 1. The highest BCUT2D eigenvalue weighted by Gasteiger charge is 2.59. The number of aliphatic hydroxyl groups is 1. The predicted molar refractivity (Wildman–Crippen MR) is 147 cm³/mol. The number of allylic oxidation sites excluding steroid dienone is 2. The summed E-state index contributed by atoms with van der Waals surface area (Å²) in [5.41, 5.74) is 3.97. The number of rotatable bonds is 6. The fraction of sp³-hybridized carbons (Fsp3) is 0.462. The summed E-state index contributed by atoms with van der Waals surface area (Å²) in [6.07, 6.45) is 2.02. The quantitative estimate of drug-likeness (QED) is 0.287. The molecule has 6 heterocycles. The van der Waals surface area contributed by atoms with Crippen LogP contribution in [0.25, 0.3) is 0 Å². The second-order valence-corrected chi connectivity index (χ2v) is 12.4. The Kier molecular flexibility index (Phi) is 5.65. The van der Waals surface area contributed by atoms with Gasteiger partial charge >= 0.3 is 6.09 Å². The van der Waals surface area contributed by atoms with E-state index in [2.05, 4.69) is 30.8 Å². The highest BCUT2D eigenvalue weighted by atomic mass is 32.2. The third-order valence-electron chi connectivity index (χ3n) is 8.42. The van der Waals surface area contributed by atoms with Crippen LogP contribution in [0.2, 0.25) is 0 Å². The summed E-state index contributed by atoms with van der Waals surface area (Å²) >= 11 is 1.17. The largest absolute Gasteiger partial charge is 0.494 e. The molecule has 0 aromatic carbocycles. The summed E-state index contributed by atoms with van der Waals surface area (Å²) < 4.78 is 28.1. The monoisotopic (exact) mass is 598 g/mol. The molecule has 1 unspecified atom stereocenters. The first-order valence-corrected chi connectivity index (χ1v) is 14.6. The maximum Gasteiger partial charge on any atom is 0.416 e. The van der Waals surface area contributed by atoms with Crippen LogP contribution in [0, 0.1) is 0 Å². The van der Waals surface area contributed by atoms with Crippen molar-refractivity contribution in [3.8, 4) is 5.75 Å². The zero-order valence-electron chi connectivity index (χ0n) is 22.2. The number of ketones is 1. The van der Waals surface area contributed by atoms with Crippen LogP contribution in [0.15, 0.2) is 46.9 Å². The number of hydrazine groups is 1. The van der Waals surface area contributed by atoms with Crippen molar-refractivity contribution < 1.29 is 33.4 Å². The van der Waals surface area contributed by atoms with Gasteiger partial charge in [0.05, 0.1) is 17.7 Å². The molecule has 8 rings (SSSR count). The van der Waals surface area contributed by atoms with Crippen LogP contribution in [0.4, 0.5) is 20.8 Å². The predicted octanol–water partition coefficient (Wildman–Crippen LogP) is 0.402. The first-order chi connectivity index (χ1) is 20.3. The zero-order valence-corrected chi connectivity index (χ0v) is 23.0. The number of aliphatic hydroxyl groups excluding tert-OH is 1. The van der Waals surface area contributed by atoms with Crippen LogP contribution < -0.4 is 30.4 Å². The summed E-state index contributed by atoms with van der Waals surface area (Å²) in [6.45, 7) is 2.11. The van der Waals surface area contributed by atoms with Crippen molar-refractivity contribution in [3.63, 3.8) is 0 Å². The third-order valence-corrected chi connectivity index (χ3v) is 9.60. The van der Waals surface area contributed by atoms with E-state index in [9.17, 15) is 19.5 Å². The molecule has 7 aliphatic rings. The Balaban J connectivity index is 0.939. The molecule has 220 valence electrons. The Bertz CT molecular complexity index is 1520. The van der Waals surface area contributed by atoms with Gasteiger partial charge in [0.1, 0.15) is 28.3 Å². The number of carbonyl (C=O) groups is 3. The molecule has 0 bridgehead atoms. The summed E-state index contributed by atoms with van der Waals surface area (Å²) in [6, 6.07) is 3.65. The molecule has 1 aromatic rings. The van der Waals surface area contributed by atoms with Gasteiger partial charge in [-0.1, -0.05) is 0 Å². The second kappa shape index (κ2) is 9.24. The molecule has 42 heavy (non-hydrogen) atoms. The van der Waals surface area contributed by atoms with E-state index in [-0.39, 0.29) is 48.4 Å². The standard InChI is InChI=1S/C26H27FN8O6S/c27-15-5-16(36)21-24(38)32-42-26(21)11-35(13-1-2-13)31-23(20(15)26)33-7-12(8-33)28-6-14-9-34(25(39)41-14)18-4-3-17-22(29-18)30-19(37)10-40-17/h3-5,12-14,28,31-32,38H,1-2,6-11H2,(H,29,30,37)/t14-,26?/m0/s1. The van der Waals surface area contributed by atoms with Gasteiger partial charge in [-0.25, -0.2) is 19.2 Å². The third kappa shape index (κ3) is 3.99. The number of hydrogen-bond donors (Lipinski definition) is 5. The highest BCUT2D eigenvalue weighted by Crippen LogP contribution is 2.54. The van der Waals surface area contributed by atoms with Crippen LogP contribution in [-0.2, 0) is 14.3 Å². The molecule has 14 nitrogen and oxygen atoms in total. The number of amides is 2. The minimum Gasteiger partial charge on any atom is -0.494 e. The van der Waals surface area contributed by atoms with Gasteiger partial charge in [0.2, 0.25) is 5.88 Å². The number of anilines is 2. The van der Waals surface area contributed by atoms with E-state index < -0.39 is 28.6 Å². The molecule has 2 saturated heterocycles. The number of likely N-dealkylation sites (tertiary alicyclic amines) is 1. The number of nitrogens with one attached hydrogen (secondary N) is 4. The maximum absolute atomic E-state index is 15.5. The molecular weight excluding hydrogens is 571 g/mol. The minimum absolute atomic E-state index is 0.0594. The van der Waals surface area contributed by atoms with E-state index in [4.69, 9.17) is 9.47 Å². The number of carbonyl (C=O) groups excluding carboxylic acids is 3. The number of pyridine rings is 1. The van der Waals surface area contributed by atoms with Gasteiger partial charge in [-0.05, 0) is 36.9 Å². The van der Waals surface area contributed by atoms with Crippen molar-refractivity contribution in [2.24, 2.45) is 0 Å². The lowest BCUT2D eigenvalue weighted by Gasteiger charge is -2.51. The van der Waals surface area contributed by atoms with E-state index in [0.717, 1.165) is 18.9 Å². The van der Waals surface area contributed by atoms with Gasteiger partial charge < -0.3 is 35.5 Å². The van der Waals surface area contributed by atoms with Crippen molar-refractivity contribution >= 4 is 41.4 Å². The van der Waals surface area contributed by atoms with E-state index >= 15 is 4.39 Å². The summed E-state index contributed by atoms with van der Waals surface area (Å²) in [4.78, 5) is 44.8. The number of aromatic nitrogens is 1. The summed E-state index contributed by atoms with van der Waals surface area (Å²) in [5.74, 6) is 0.0182. The van der Waals surface area contributed by atoms with E-state index in [0.29, 0.717) is 49.1 Å². The fourth-order valence-electron chi connectivity index (χ4n) is 6.18. The van der Waals surface area contributed by atoms with Crippen LogP contribution in [0.5, 0.6) is 5.75 Å². The first kappa shape index (κ1) is 25.7. The number of halogens is 1. The lowest BCUT2D eigenvalue weighted by molar-refractivity contribution is -0.118. The lowest BCUT2D eigenvalue weighted by atomic mass is 9.80. The second-order valence-electron chi connectivity index (χ2n) is 11.3. The zero-order chi connectivity index (χ0) is 28.7. The van der Waals surface area contributed by atoms with E-state index in [1.54, 1.807) is 12.1 Å². The molecule has 16 heteroatoms. The van der Waals surface area contributed by atoms with Crippen LogP contribution >= 0.6 is 11.9 Å². The Morgan fingerprint density at radius 3 is 2.83 bits per heavy atom. The van der Waals surface area contributed by atoms with Crippen molar-refractivity contribution in [2.45, 2.75) is 35.8 Å². The number of nitrogens with zero attached hydrogens (tertiary/aromatic N) is 4. The van der Waals surface area contributed by atoms with Gasteiger partial charge in [-0.2, -0.15) is 0 Å². The molecule has 5 aliphatic heterocycles. The normalized spacial score (nSPS) is 29.1. The molecule has 5 N–H and O–H groups in total. The van der Waals surface area contributed by atoms with Crippen LogP contribution in [0.1, 0.15) is 12.8 Å². The first-order valence-electron chi connectivity index (χ1n) is 13.8. The number of ether oxygens (including phenoxy) is 2. The molecule has 1 spiro atoms. The molecule has 2 aliphatic carbocycles. The smallest absolute Gasteiger partial charge is 0.416 e. The molecule has 2 amide bonds. The Hall–Kier alpha value is -4.02. The van der Waals surface area contributed by atoms with E-state index in [1.807, 2.05) is 4.90 Å². The molecule has 2 atom stereocenters. The van der Waals surface area contributed by atoms with Gasteiger partial charge in [-0.3, -0.25) is 19.2 Å². The number of fused-ring (bicyclic) bond motifs is 1. The van der Waals surface area contributed by atoms with Crippen molar-refractivity contribution in [1.82, 2.24) is 30.4 Å². The Labute approximate surface area is 243 Å². The maximum atomic E-state index is 15.5. The SMILES string of the molecule is O=C1COc2ccc(N3C[C@H](CNC4CN(C5=C6C(F)=CC(=O)C7=C(O)NSC76CN(C6CC6)N5)C4)OC3=O)nc2N1. The van der Waals surface area contributed by atoms with Crippen LogP contribution in [0.3, 0.4) is 0 Å². The van der Waals surface area contributed by atoms with Crippen molar-refractivity contribution in [1.29, 1.82) is 0 Å². The average Bonchev–Trinajstić information content (AvgIpc) is 3.65. The number of hydrogen-bond acceptors (Lipinski definition) is 13. The fourth-order valence-corrected chi connectivity index (χ4v) is 7.35. The topological polar surface area (TPSA) is 161 Å². The minimum atomic E-state index is -1.04. The molecule has 1 aromatic heterocycles. The highest BCUT2D eigenvalue weighted by molar-refractivity contribution is 7.99. The Morgan fingerprint density at radius 1 is 1.19 bits per heavy atom. The van der Waals surface area contributed by atoms with Crippen molar-refractivity contribution in [2.75, 3.05) is 49.5 Å². The summed E-state index contributed by atoms with van der Waals surface area (Å²) in [7, 11) is 0. The average molecular weight is 599 g/mol. The van der Waals surface area contributed by atoms with Gasteiger partial charge in [0.25, 0.3) is 5.91 Å². The Morgan fingerprint density at radius 2 is 2.02 bits per heavy atom. The van der Waals surface area contributed by atoms with Crippen molar-refractivity contribution in [3.05, 3.63) is 46.9 Å². The molecule has 1 saturated carbocycles. The van der Waals surface area contributed by atoms with E-state index in [1.165, 1.54) is 16.8 Å². The lowest BCUT2D eigenvalue weighted by Crippen LogP contribution is -2.65. The van der Waals surface area contributed by atoms with Gasteiger partial charge in [0, 0.05) is 44.3 Å². The van der Waals surface area contributed by atoms with Gasteiger partial charge in [-0.15, -0.1) is 0 Å². The molecule has 3 fully saturated rings. The molecule has 0 radical (unpaired) electrons. The van der Waals surface area contributed by atoms with Crippen LogP contribution in [-0.4, -0.2) is 100 Å². The summed E-state index contributed by atoms with van der Waals surface area (Å²) in [5, 5.41) is 18.6. The van der Waals surface area contributed by atoms with Gasteiger partial charge in [0.15, 0.2) is 24.0 Å². The molecular formula is C26H27FN8O6S.